The summed E-state index contributed by atoms with van der Waals surface area (Å²) in [6.45, 7) is 2.88. The Labute approximate surface area is 93.9 Å². The third-order valence-corrected chi connectivity index (χ3v) is 2.66. The maximum Gasteiger partial charge on any atom is 0.236 e. The average molecular weight is 221 g/mol. The fourth-order valence-corrected chi connectivity index (χ4v) is 1.84. The van der Waals surface area contributed by atoms with Crippen LogP contribution in [0.15, 0.2) is 18.6 Å². The number of rotatable bonds is 3. The highest BCUT2D eigenvalue weighted by Gasteiger charge is 2.26. The molecule has 0 aromatic carbocycles. The number of carbonyl (C=O) groups excluding carboxylic acids is 1. The van der Waals surface area contributed by atoms with Crippen molar-refractivity contribution < 1.29 is 4.79 Å². The summed E-state index contributed by atoms with van der Waals surface area (Å²) in [5, 5.41) is 3.15. The Kier molecular flexibility index (Phi) is 3.43. The summed E-state index contributed by atoms with van der Waals surface area (Å²) < 4.78 is 0. The van der Waals surface area contributed by atoms with E-state index in [1.165, 1.54) is 0 Å². The van der Waals surface area contributed by atoms with Crippen LogP contribution in [-0.4, -0.2) is 46.5 Å². The van der Waals surface area contributed by atoms with E-state index >= 15 is 0 Å². The Morgan fingerprint density at radius 2 is 2.50 bits per heavy atom. The van der Waals surface area contributed by atoms with E-state index in [1.54, 1.807) is 18.6 Å². The summed E-state index contributed by atoms with van der Waals surface area (Å²) in [4.78, 5) is 21.5. The Balaban J connectivity index is 2.04. The molecule has 1 aromatic heterocycles. The second kappa shape index (κ2) is 5.00. The van der Waals surface area contributed by atoms with Crippen molar-refractivity contribution in [2.75, 3.05) is 19.6 Å². The lowest BCUT2D eigenvalue weighted by atomic mass is 10.1. The Hall–Kier alpha value is -1.53. The summed E-state index contributed by atoms with van der Waals surface area (Å²) in [6.07, 6.45) is 4.99. The summed E-state index contributed by atoms with van der Waals surface area (Å²) in [5.74, 6) is -0.295. The van der Waals surface area contributed by atoms with Crippen LogP contribution in [0.2, 0.25) is 0 Å². The molecule has 3 N–H and O–H groups in total. The van der Waals surface area contributed by atoms with Crippen molar-refractivity contribution in [1.29, 1.82) is 0 Å². The number of piperazine rings is 1. The molecule has 0 spiro atoms. The van der Waals surface area contributed by atoms with Gasteiger partial charge in [0.1, 0.15) is 6.04 Å². The van der Waals surface area contributed by atoms with E-state index < -0.39 is 0 Å². The Morgan fingerprint density at radius 1 is 1.62 bits per heavy atom. The van der Waals surface area contributed by atoms with E-state index in [2.05, 4.69) is 15.3 Å². The van der Waals surface area contributed by atoms with Crippen molar-refractivity contribution in [3.8, 4) is 0 Å². The smallest absolute Gasteiger partial charge is 0.236 e. The molecule has 1 unspecified atom stereocenters. The van der Waals surface area contributed by atoms with E-state index in [1.807, 2.05) is 4.90 Å². The molecule has 1 aromatic rings. The zero-order valence-electron chi connectivity index (χ0n) is 8.97. The maximum atomic E-state index is 11.3. The molecule has 1 atom stereocenters. The lowest BCUT2D eigenvalue weighted by molar-refractivity contribution is -0.124. The van der Waals surface area contributed by atoms with Gasteiger partial charge in [-0.1, -0.05) is 0 Å². The zero-order chi connectivity index (χ0) is 11.4. The third kappa shape index (κ3) is 2.53. The van der Waals surface area contributed by atoms with Crippen molar-refractivity contribution in [3.63, 3.8) is 0 Å². The Morgan fingerprint density at radius 3 is 3.19 bits per heavy atom. The molecule has 6 nitrogen and oxygen atoms in total. The lowest BCUT2D eigenvalue weighted by Crippen LogP contribution is -2.56. The van der Waals surface area contributed by atoms with E-state index in [0.717, 1.165) is 18.8 Å². The van der Waals surface area contributed by atoms with Crippen LogP contribution in [0.1, 0.15) is 5.69 Å². The minimum absolute atomic E-state index is 0.254. The molecule has 1 aliphatic rings. The molecular formula is C10H15N5O. The quantitative estimate of drug-likeness (QED) is 0.665. The van der Waals surface area contributed by atoms with Gasteiger partial charge in [-0.15, -0.1) is 0 Å². The number of primary amides is 1. The highest BCUT2D eigenvalue weighted by molar-refractivity contribution is 5.80. The Bertz CT molecular complexity index is 355. The van der Waals surface area contributed by atoms with E-state index in [4.69, 9.17) is 5.73 Å². The van der Waals surface area contributed by atoms with Gasteiger partial charge in [0.15, 0.2) is 0 Å². The SMILES string of the molecule is NC(=O)C1CNCCN1Cc1cnccn1. The average Bonchev–Trinajstić information content (AvgIpc) is 2.31. The van der Waals surface area contributed by atoms with Crippen LogP contribution < -0.4 is 11.1 Å². The van der Waals surface area contributed by atoms with Crippen LogP contribution in [0, 0.1) is 0 Å². The first-order valence-corrected chi connectivity index (χ1v) is 5.26. The number of hydrogen-bond donors (Lipinski definition) is 2. The van der Waals surface area contributed by atoms with Crippen LogP contribution in [-0.2, 0) is 11.3 Å². The van der Waals surface area contributed by atoms with Crippen LogP contribution in [0.5, 0.6) is 0 Å². The van der Waals surface area contributed by atoms with Gasteiger partial charge in [0.05, 0.1) is 5.69 Å². The highest BCUT2D eigenvalue weighted by Crippen LogP contribution is 2.07. The van der Waals surface area contributed by atoms with Gasteiger partial charge >= 0.3 is 0 Å². The third-order valence-electron chi connectivity index (χ3n) is 2.66. The molecule has 6 heteroatoms. The highest BCUT2D eigenvalue weighted by atomic mass is 16.1. The first-order chi connectivity index (χ1) is 7.77. The van der Waals surface area contributed by atoms with E-state index in [-0.39, 0.29) is 11.9 Å². The fourth-order valence-electron chi connectivity index (χ4n) is 1.84. The normalized spacial score (nSPS) is 21.9. The summed E-state index contributed by atoms with van der Waals surface area (Å²) in [6, 6.07) is -0.254. The fraction of sp³-hybridized carbons (Fsp3) is 0.500. The molecule has 1 fully saturated rings. The maximum absolute atomic E-state index is 11.3. The van der Waals surface area contributed by atoms with Crippen molar-refractivity contribution in [2.45, 2.75) is 12.6 Å². The molecule has 86 valence electrons. The second-order valence-corrected chi connectivity index (χ2v) is 3.79. The molecule has 0 saturated carbocycles. The number of nitrogens with one attached hydrogen (secondary N) is 1. The first-order valence-electron chi connectivity index (χ1n) is 5.26. The molecule has 0 radical (unpaired) electrons. The second-order valence-electron chi connectivity index (χ2n) is 3.79. The van der Waals surface area contributed by atoms with Crippen LogP contribution in [0.3, 0.4) is 0 Å². The van der Waals surface area contributed by atoms with Crippen molar-refractivity contribution in [3.05, 3.63) is 24.3 Å². The van der Waals surface area contributed by atoms with Crippen LogP contribution in [0.4, 0.5) is 0 Å². The minimum Gasteiger partial charge on any atom is -0.368 e. The van der Waals surface area contributed by atoms with Gasteiger partial charge in [-0.3, -0.25) is 19.7 Å². The monoisotopic (exact) mass is 221 g/mol. The number of nitrogens with zero attached hydrogens (tertiary/aromatic N) is 3. The number of carbonyl (C=O) groups is 1. The largest absolute Gasteiger partial charge is 0.368 e. The van der Waals surface area contributed by atoms with Gasteiger partial charge in [-0.2, -0.15) is 0 Å². The van der Waals surface area contributed by atoms with Gasteiger partial charge in [-0.25, -0.2) is 0 Å². The van der Waals surface area contributed by atoms with E-state index in [9.17, 15) is 4.79 Å². The van der Waals surface area contributed by atoms with Gasteiger partial charge in [0.2, 0.25) is 5.91 Å². The molecule has 1 amide bonds. The van der Waals surface area contributed by atoms with Crippen molar-refractivity contribution >= 4 is 5.91 Å². The molecular weight excluding hydrogens is 206 g/mol. The molecule has 2 rings (SSSR count). The van der Waals surface area contributed by atoms with Crippen molar-refractivity contribution in [1.82, 2.24) is 20.2 Å². The molecule has 1 saturated heterocycles. The molecule has 2 heterocycles. The van der Waals surface area contributed by atoms with Crippen LogP contribution in [0.25, 0.3) is 0 Å². The lowest BCUT2D eigenvalue weighted by Gasteiger charge is -2.33. The van der Waals surface area contributed by atoms with Crippen molar-refractivity contribution in [2.24, 2.45) is 5.73 Å². The molecule has 16 heavy (non-hydrogen) atoms. The van der Waals surface area contributed by atoms with Crippen LogP contribution >= 0.6 is 0 Å². The number of aromatic nitrogens is 2. The zero-order valence-corrected chi connectivity index (χ0v) is 8.97. The summed E-state index contributed by atoms with van der Waals surface area (Å²) in [7, 11) is 0. The van der Waals surface area contributed by atoms with E-state index in [0.29, 0.717) is 13.1 Å². The van der Waals surface area contributed by atoms with Gasteiger partial charge in [0.25, 0.3) is 0 Å². The summed E-state index contributed by atoms with van der Waals surface area (Å²) in [5.41, 5.74) is 6.21. The minimum atomic E-state index is -0.295. The predicted molar refractivity (Wildman–Crippen MR) is 58.3 cm³/mol. The predicted octanol–water partition coefficient (Wildman–Crippen LogP) is -1.26. The molecule has 0 bridgehead atoms. The molecule has 0 aliphatic carbocycles. The molecule has 1 aliphatic heterocycles. The van der Waals surface area contributed by atoms with Gasteiger partial charge < -0.3 is 11.1 Å². The number of nitrogens with two attached hydrogens (primary N) is 1. The standard InChI is InChI=1S/C10H15N5O/c11-10(16)9-6-13-3-4-15(9)7-8-5-12-1-2-14-8/h1-2,5,9,13H,3-4,6-7H2,(H2,11,16). The van der Waals surface area contributed by atoms with Gasteiger partial charge in [-0.05, 0) is 0 Å². The van der Waals surface area contributed by atoms with Gasteiger partial charge in [0, 0.05) is 44.8 Å². The summed E-state index contributed by atoms with van der Waals surface area (Å²) >= 11 is 0. The number of amides is 1. The first kappa shape index (κ1) is 11.0. The number of hydrogen-bond acceptors (Lipinski definition) is 5. The topological polar surface area (TPSA) is 84.1 Å².